The summed E-state index contributed by atoms with van der Waals surface area (Å²) in [7, 11) is 0. The molecule has 5 nitrogen and oxygen atoms in total. The fourth-order valence-corrected chi connectivity index (χ4v) is 2.68. The van der Waals surface area contributed by atoms with Crippen molar-refractivity contribution < 1.29 is 14.3 Å². The van der Waals surface area contributed by atoms with Crippen LogP contribution in [0, 0.1) is 5.92 Å². The van der Waals surface area contributed by atoms with Gasteiger partial charge in [-0.05, 0) is 24.8 Å². The highest BCUT2D eigenvalue weighted by molar-refractivity contribution is 5.86. The number of furan rings is 1. The van der Waals surface area contributed by atoms with Crippen molar-refractivity contribution in [3.8, 4) is 0 Å². The van der Waals surface area contributed by atoms with Crippen LogP contribution < -0.4 is 0 Å². The van der Waals surface area contributed by atoms with Gasteiger partial charge in [-0.1, -0.05) is 0 Å². The van der Waals surface area contributed by atoms with Crippen LogP contribution >= 0.6 is 0 Å². The molecule has 0 aromatic carbocycles. The van der Waals surface area contributed by atoms with Crippen molar-refractivity contribution in [1.82, 2.24) is 9.80 Å². The Morgan fingerprint density at radius 1 is 1.26 bits per heavy atom. The Morgan fingerprint density at radius 3 is 2.58 bits per heavy atom. The van der Waals surface area contributed by atoms with E-state index in [1.54, 1.807) is 6.07 Å². The van der Waals surface area contributed by atoms with Crippen molar-refractivity contribution in [2.45, 2.75) is 19.4 Å². The van der Waals surface area contributed by atoms with E-state index in [2.05, 4.69) is 9.80 Å². The summed E-state index contributed by atoms with van der Waals surface area (Å²) in [4.78, 5) is 15.8. The van der Waals surface area contributed by atoms with Crippen LogP contribution in [-0.4, -0.2) is 53.6 Å². The van der Waals surface area contributed by atoms with Crippen LogP contribution in [0.15, 0.2) is 16.7 Å². The van der Waals surface area contributed by atoms with E-state index in [9.17, 15) is 4.79 Å². The smallest absolute Gasteiger partial charge is 0.372 e. The Hall–Kier alpha value is -1.33. The minimum atomic E-state index is -0.979. The lowest BCUT2D eigenvalue weighted by Gasteiger charge is -2.34. The van der Waals surface area contributed by atoms with Gasteiger partial charge in [0.1, 0.15) is 0 Å². The van der Waals surface area contributed by atoms with Crippen LogP contribution in [0.3, 0.4) is 0 Å². The zero-order chi connectivity index (χ0) is 13.2. The summed E-state index contributed by atoms with van der Waals surface area (Å²) in [6.45, 7) is 6.14. The molecule has 1 N–H and O–H groups in total. The zero-order valence-corrected chi connectivity index (χ0v) is 11.0. The van der Waals surface area contributed by atoms with Crippen molar-refractivity contribution in [3.05, 3.63) is 23.7 Å². The van der Waals surface area contributed by atoms with E-state index in [0.29, 0.717) is 6.54 Å². The van der Waals surface area contributed by atoms with Gasteiger partial charge in [-0.3, -0.25) is 4.90 Å². The number of rotatable bonds is 5. The highest BCUT2D eigenvalue weighted by Crippen LogP contribution is 2.30. The first kappa shape index (κ1) is 12.7. The minimum absolute atomic E-state index is 0.0837. The third-order valence-electron chi connectivity index (χ3n) is 4.01. The molecule has 1 aliphatic carbocycles. The molecule has 1 aromatic rings. The summed E-state index contributed by atoms with van der Waals surface area (Å²) in [5.74, 6) is 0.0480. The fourth-order valence-electron chi connectivity index (χ4n) is 2.68. The summed E-state index contributed by atoms with van der Waals surface area (Å²) < 4.78 is 5.01. The van der Waals surface area contributed by atoms with Crippen LogP contribution in [0.4, 0.5) is 0 Å². The standard InChI is InChI=1S/C14H20N2O3/c17-14(18)13-12(3-8-19-13)10-16-6-4-15(5-7-16)9-11-1-2-11/h3,8,11H,1-2,4-7,9-10H2,(H,17,18). The molecule has 2 fully saturated rings. The topological polar surface area (TPSA) is 56.9 Å². The summed E-state index contributed by atoms with van der Waals surface area (Å²) >= 11 is 0. The second-order valence-corrected chi connectivity index (χ2v) is 5.60. The van der Waals surface area contributed by atoms with E-state index in [0.717, 1.165) is 37.7 Å². The number of piperazine rings is 1. The molecule has 0 amide bonds. The van der Waals surface area contributed by atoms with Crippen molar-refractivity contribution >= 4 is 5.97 Å². The molecule has 1 aromatic heterocycles. The first-order chi connectivity index (χ1) is 9.22. The summed E-state index contributed by atoms with van der Waals surface area (Å²) in [5, 5.41) is 9.01. The van der Waals surface area contributed by atoms with E-state index >= 15 is 0 Å². The molecular weight excluding hydrogens is 244 g/mol. The third-order valence-corrected chi connectivity index (χ3v) is 4.01. The van der Waals surface area contributed by atoms with E-state index in [-0.39, 0.29) is 5.76 Å². The summed E-state index contributed by atoms with van der Waals surface area (Å²) in [5.41, 5.74) is 0.781. The number of carboxylic acid groups (broad SMARTS) is 1. The largest absolute Gasteiger partial charge is 0.475 e. The Balaban J connectivity index is 1.51. The number of carbonyl (C=O) groups is 1. The monoisotopic (exact) mass is 264 g/mol. The molecule has 1 saturated carbocycles. The van der Waals surface area contributed by atoms with Gasteiger partial charge in [-0.25, -0.2) is 4.79 Å². The molecule has 1 saturated heterocycles. The number of hydrogen-bond donors (Lipinski definition) is 1. The Bertz CT molecular complexity index is 445. The van der Waals surface area contributed by atoms with Crippen LogP contribution in [-0.2, 0) is 6.54 Å². The quantitative estimate of drug-likeness (QED) is 0.873. The van der Waals surface area contributed by atoms with Crippen molar-refractivity contribution in [3.63, 3.8) is 0 Å². The van der Waals surface area contributed by atoms with E-state index in [1.807, 2.05) is 0 Å². The van der Waals surface area contributed by atoms with E-state index in [4.69, 9.17) is 9.52 Å². The molecule has 1 aliphatic heterocycles. The van der Waals surface area contributed by atoms with Gasteiger partial charge < -0.3 is 14.4 Å². The third kappa shape index (κ3) is 3.16. The highest BCUT2D eigenvalue weighted by atomic mass is 16.4. The average Bonchev–Trinajstić information content (AvgIpc) is 3.08. The second-order valence-electron chi connectivity index (χ2n) is 5.60. The molecule has 0 unspecified atom stereocenters. The number of nitrogens with zero attached hydrogens (tertiary/aromatic N) is 2. The van der Waals surface area contributed by atoms with Gasteiger partial charge in [0.15, 0.2) is 0 Å². The molecule has 0 radical (unpaired) electrons. The zero-order valence-electron chi connectivity index (χ0n) is 11.0. The number of hydrogen-bond acceptors (Lipinski definition) is 4. The second kappa shape index (κ2) is 5.35. The molecule has 3 rings (SSSR count). The van der Waals surface area contributed by atoms with Gasteiger partial charge in [0.05, 0.1) is 6.26 Å². The Kier molecular flexibility index (Phi) is 3.57. The maximum absolute atomic E-state index is 11.0. The first-order valence-corrected chi connectivity index (χ1v) is 6.97. The summed E-state index contributed by atoms with van der Waals surface area (Å²) in [6, 6.07) is 1.76. The Labute approximate surface area is 112 Å². The molecule has 2 heterocycles. The predicted molar refractivity (Wildman–Crippen MR) is 70.1 cm³/mol. The SMILES string of the molecule is O=C(O)c1occc1CN1CCN(CC2CC2)CC1. The Morgan fingerprint density at radius 2 is 1.95 bits per heavy atom. The van der Waals surface area contributed by atoms with Gasteiger partial charge in [-0.2, -0.15) is 0 Å². The maximum atomic E-state index is 11.0. The highest BCUT2D eigenvalue weighted by Gasteiger charge is 2.26. The van der Waals surface area contributed by atoms with Crippen LogP contribution in [0.2, 0.25) is 0 Å². The van der Waals surface area contributed by atoms with Gasteiger partial charge in [0.25, 0.3) is 0 Å². The van der Waals surface area contributed by atoms with Gasteiger partial charge in [0.2, 0.25) is 5.76 Å². The van der Waals surface area contributed by atoms with Crippen molar-refractivity contribution in [1.29, 1.82) is 0 Å². The molecule has 0 spiro atoms. The number of carboxylic acids is 1. The van der Waals surface area contributed by atoms with Crippen LogP contribution in [0.25, 0.3) is 0 Å². The molecule has 2 aliphatic rings. The normalized spacial score (nSPS) is 21.7. The van der Waals surface area contributed by atoms with Gasteiger partial charge in [-0.15, -0.1) is 0 Å². The maximum Gasteiger partial charge on any atom is 0.372 e. The lowest BCUT2D eigenvalue weighted by Crippen LogP contribution is -2.46. The predicted octanol–water partition coefficient (Wildman–Crippen LogP) is 1.51. The molecule has 0 atom stereocenters. The van der Waals surface area contributed by atoms with E-state index in [1.165, 1.54) is 25.6 Å². The van der Waals surface area contributed by atoms with Crippen LogP contribution in [0.1, 0.15) is 29.0 Å². The average molecular weight is 264 g/mol. The lowest BCUT2D eigenvalue weighted by atomic mass is 10.2. The van der Waals surface area contributed by atoms with E-state index < -0.39 is 5.97 Å². The van der Waals surface area contributed by atoms with Crippen LogP contribution in [0.5, 0.6) is 0 Å². The first-order valence-electron chi connectivity index (χ1n) is 6.97. The fraction of sp³-hybridized carbons (Fsp3) is 0.643. The molecule has 5 heteroatoms. The van der Waals surface area contributed by atoms with Gasteiger partial charge >= 0.3 is 5.97 Å². The van der Waals surface area contributed by atoms with Gasteiger partial charge in [0, 0.05) is 44.8 Å². The lowest BCUT2D eigenvalue weighted by molar-refractivity contribution is 0.0657. The van der Waals surface area contributed by atoms with Crippen molar-refractivity contribution in [2.24, 2.45) is 5.92 Å². The van der Waals surface area contributed by atoms with Crippen molar-refractivity contribution in [2.75, 3.05) is 32.7 Å². The number of aromatic carboxylic acids is 1. The summed E-state index contributed by atoms with van der Waals surface area (Å²) in [6.07, 6.45) is 4.26. The molecule has 0 bridgehead atoms. The molecule has 104 valence electrons. The molecule has 19 heavy (non-hydrogen) atoms. The molecular formula is C14H20N2O3. The minimum Gasteiger partial charge on any atom is -0.475 e.